The van der Waals surface area contributed by atoms with E-state index in [1.807, 2.05) is 0 Å². The molecule has 1 atom stereocenters. The lowest BCUT2D eigenvalue weighted by atomic mass is 10.1. The summed E-state index contributed by atoms with van der Waals surface area (Å²) in [6.07, 6.45) is 1.18. The summed E-state index contributed by atoms with van der Waals surface area (Å²) in [6.45, 7) is 0. The third kappa shape index (κ3) is 2.24. The number of aromatic nitrogens is 1. The molecule has 3 rings (SSSR count). The maximum atomic E-state index is 12.9. The molecule has 21 heavy (non-hydrogen) atoms. The van der Waals surface area contributed by atoms with Gasteiger partial charge in [-0.25, -0.2) is 14.2 Å². The molecular weight excluding hydrogens is 275 g/mol. The Morgan fingerprint density at radius 3 is 2.67 bits per heavy atom. The normalized spacial score (nSPS) is 16.6. The van der Waals surface area contributed by atoms with E-state index in [4.69, 9.17) is 0 Å². The number of amides is 1. The number of anilines is 1. The first-order valence-corrected chi connectivity index (χ1v) is 6.34. The number of rotatable bonds is 2. The van der Waals surface area contributed by atoms with Crippen molar-refractivity contribution in [1.82, 2.24) is 4.98 Å². The average molecular weight is 286 g/mol. The number of nitrogens with zero attached hydrogens (tertiary/aromatic N) is 2. The van der Waals surface area contributed by atoms with Gasteiger partial charge in [0.1, 0.15) is 17.6 Å². The van der Waals surface area contributed by atoms with Gasteiger partial charge in [0, 0.05) is 12.1 Å². The van der Waals surface area contributed by atoms with E-state index in [1.54, 1.807) is 24.3 Å². The number of fused-ring (bicyclic) bond motifs is 1. The van der Waals surface area contributed by atoms with Gasteiger partial charge in [0.05, 0.1) is 6.20 Å². The first kappa shape index (κ1) is 13.2. The van der Waals surface area contributed by atoms with E-state index in [-0.39, 0.29) is 12.1 Å². The van der Waals surface area contributed by atoms with Crippen molar-refractivity contribution in [1.29, 1.82) is 0 Å². The van der Waals surface area contributed by atoms with Gasteiger partial charge in [-0.3, -0.25) is 9.69 Å². The molecule has 0 radical (unpaired) electrons. The number of halogens is 1. The van der Waals surface area contributed by atoms with Gasteiger partial charge in [-0.1, -0.05) is 18.2 Å². The minimum absolute atomic E-state index is 0.0133. The van der Waals surface area contributed by atoms with Crippen molar-refractivity contribution >= 4 is 17.6 Å². The second kappa shape index (κ2) is 4.97. The van der Waals surface area contributed by atoms with Crippen LogP contribution in [-0.4, -0.2) is 28.0 Å². The molecule has 1 amide bonds. The van der Waals surface area contributed by atoms with Crippen molar-refractivity contribution in [2.75, 3.05) is 4.90 Å². The topological polar surface area (TPSA) is 70.5 Å². The van der Waals surface area contributed by atoms with Crippen LogP contribution in [0.4, 0.5) is 10.1 Å². The van der Waals surface area contributed by atoms with E-state index < -0.39 is 23.7 Å². The minimum atomic E-state index is -1.08. The van der Waals surface area contributed by atoms with Crippen LogP contribution in [-0.2, 0) is 11.2 Å². The van der Waals surface area contributed by atoms with E-state index in [1.165, 1.54) is 11.0 Å². The molecule has 1 aromatic heterocycles. The fourth-order valence-corrected chi connectivity index (χ4v) is 2.46. The standard InChI is InChI=1S/C15H11FN2O3/c16-10-5-6-11(17-8-10)14(19)18-12-4-2-1-3-9(12)7-13(18)15(20)21/h1-6,8,13H,7H2,(H,20,21)/t13-/m0/s1. The van der Waals surface area contributed by atoms with Crippen LogP contribution in [0, 0.1) is 5.82 Å². The molecule has 5 nitrogen and oxygen atoms in total. The molecule has 0 bridgehead atoms. The third-order valence-corrected chi connectivity index (χ3v) is 3.43. The van der Waals surface area contributed by atoms with Gasteiger partial charge in [0.25, 0.3) is 5.91 Å². The van der Waals surface area contributed by atoms with E-state index in [0.717, 1.165) is 17.8 Å². The number of hydrogen-bond donors (Lipinski definition) is 1. The third-order valence-electron chi connectivity index (χ3n) is 3.43. The minimum Gasteiger partial charge on any atom is -0.480 e. The Balaban J connectivity index is 2.03. The predicted molar refractivity (Wildman–Crippen MR) is 72.6 cm³/mol. The molecule has 0 unspecified atom stereocenters. The van der Waals surface area contributed by atoms with Crippen molar-refractivity contribution in [3.8, 4) is 0 Å². The number of benzene rings is 1. The Labute approximate surface area is 119 Å². The Kier molecular flexibility index (Phi) is 3.13. The smallest absolute Gasteiger partial charge is 0.327 e. The van der Waals surface area contributed by atoms with E-state index in [0.29, 0.717) is 5.69 Å². The van der Waals surface area contributed by atoms with Crippen LogP contribution in [0.25, 0.3) is 0 Å². The van der Waals surface area contributed by atoms with E-state index >= 15 is 0 Å². The van der Waals surface area contributed by atoms with Crippen LogP contribution in [0.5, 0.6) is 0 Å². The van der Waals surface area contributed by atoms with Gasteiger partial charge >= 0.3 is 5.97 Å². The first-order chi connectivity index (χ1) is 10.1. The molecule has 106 valence electrons. The molecule has 1 aliphatic heterocycles. The SMILES string of the molecule is O=C(O)[C@@H]1Cc2ccccc2N1C(=O)c1ccc(F)cn1. The van der Waals surface area contributed by atoms with Gasteiger partial charge in [0.2, 0.25) is 0 Å². The fraction of sp³-hybridized carbons (Fsp3) is 0.133. The zero-order chi connectivity index (χ0) is 15.0. The number of carbonyl (C=O) groups excluding carboxylic acids is 1. The molecule has 2 aromatic rings. The van der Waals surface area contributed by atoms with Gasteiger partial charge in [-0.15, -0.1) is 0 Å². The summed E-state index contributed by atoms with van der Waals surface area (Å²) < 4.78 is 12.9. The second-order valence-corrected chi connectivity index (χ2v) is 4.72. The number of aliphatic carboxylic acids is 1. The Hall–Kier alpha value is -2.76. The average Bonchev–Trinajstić information content (AvgIpc) is 2.87. The van der Waals surface area contributed by atoms with Gasteiger partial charge in [-0.05, 0) is 23.8 Å². The highest BCUT2D eigenvalue weighted by Gasteiger charge is 2.38. The molecule has 6 heteroatoms. The molecule has 0 saturated heterocycles. The number of carboxylic acid groups (broad SMARTS) is 1. The lowest BCUT2D eigenvalue weighted by molar-refractivity contribution is -0.138. The zero-order valence-corrected chi connectivity index (χ0v) is 10.9. The quantitative estimate of drug-likeness (QED) is 0.915. The van der Waals surface area contributed by atoms with Crippen molar-refractivity contribution < 1.29 is 19.1 Å². The highest BCUT2D eigenvalue weighted by Crippen LogP contribution is 2.33. The summed E-state index contributed by atoms with van der Waals surface area (Å²) in [5, 5.41) is 9.32. The van der Waals surface area contributed by atoms with Gasteiger partial charge in [-0.2, -0.15) is 0 Å². The zero-order valence-electron chi connectivity index (χ0n) is 10.9. The molecule has 2 heterocycles. The highest BCUT2D eigenvalue weighted by atomic mass is 19.1. The van der Waals surface area contributed by atoms with Crippen LogP contribution < -0.4 is 4.90 Å². The number of carboxylic acids is 1. The summed E-state index contributed by atoms with van der Waals surface area (Å²) in [4.78, 5) is 28.8. The number of hydrogen-bond acceptors (Lipinski definition) is 3. The summed E-state index contributed by atoms with van der Waals surface area (Å²) in [7, 11) is 0. The van der Waals surface area contributed by atoms with Crippen molar-refractivity contribution in [2.24, 2.45) is 0 Å². The highest BCUT2D eigenvalue weighted by molar-refractivity contribution is 6.09. The van der Waals surface area contributed by atoms with Crippen LogP contribution in [0.15, 0.2) is 42.6 Å². The van der Waals surface area contributed by atoms with Gasteiger partial charge in [0.15, 0.2) is 0 Å². The number of para-hydroxylation sites is 1. The van der Waals surface area contributed by atoms with Crippen LogP contribution in [0.1, 0.15) is 16.1 Å². The fourth-order valence-electron chi connectivity index (χ4n) is 2.46. The molecule has 0 fully saturated rings. The summed E-state index contributed by atoms with van der Waals surface area (Å²) in [6, 6.07) is 8.41. The largest absolute Gasteiger partial charge is 0.480 e. The Bertz CT molecular complexity index is 715. The maximum Gasteiger partial charge on any atom is 0.327 e. The van der Waals surface area contributed by atoms with Crippen molar-refractivity contribution in [3.05, 3.63) is 59.7 Å². The molecular formula is C15H11FN2O3. The van der Waals surface area contributed by atoms with Crippen LogP contribution in [0.3, 0.4) is 0 Å². The Morgan fingerprint density at radius 2 is 2.00 bits per heavy atom. The first-order valence-electron chi connectivity index (χ1n) is 6.34. The lowest BCUT2D eigenvalue weighted by Crippen LogP contribution is -2.43. The van der Waals surface area contributed by atoms with Gasteiger partial charge < -0.3 is 5.11 Å². The molecule has 0 saturated carbocycles. The molecule has 1 N–H and O–H groups in total. The molecule has 1 aliphatic rings. The second-order valence-electron chi connectivity index (χ2n) is 4.72. The van der Waals surface area contributed by atoms with Crippen LogP contribution >= 0.6 is 0 Å². The lowest BCUT2D eigenvalue weighted by Gasteiger charge is -2.22. The molecule has 1 aromatic carbocycles. The molecule has 0 aliphatic carbocycles. The monoisotopic (exact) mass is 286 g/mol. The summed E-state index contributed by atoms with van der Waals surface area (Å²) in [5.41, 5.74) is 1.36. The van der Waals surface area contributed by atoms with E-state index in [2.05, 4.69) is 4.98 Å². The number of carbonyl (C=O) groups is 2. The van der Waals surface area contributed by atoms with Crippen LogP contribution in [0.2, 0.25) is 0 Å². The Morgan fingerprint density at radius 1 is 1.24 bits per heavy atom. The van der Waals surface area contributed by atoms with E-state index in [9.17, 15) is 19.1 Å². The number of pyridine rings is 1. The predicted octanol–water partition coefficient (Wildman–Crippen LogP) is 1.88. The summed E-state index contributed by atoms with van der Waals surface area (Å²) >= 11 is 0. The van der Waals surface area contributed by atoms with Crippen molar-refractivity contribution in [2.45, 2.75) is 12.5 Å². The van der Waals surface area contributed by atoms with Crippen molar-refractivity contribution in [3.63, 3.8) is 0 Å². The maximum absolute atomic E-state index is 12.9. The molecule has 0 spiro atoms. The summed E-state index contributed by atoms with van der Waals surface area (Å²) in [5.74, 6) is -2.18.